The fourth-order valence-electron chi connectivity index (χ4n) is 5.52. The van der Waals surface area contributed by atoms with Crippen LogP contribution in [0.15, 0.2) is 48.5 Å². The number of hydrogen-bond acceptors (Lipinski definition) is 4. The Bertz CT molecular complexity index is 1100. The Morgan fingerprint density at radius 3 is 2.49 bits per heavy atom. The minimum Gasteiger partial charge on any atom is -0.358 e. The van der Waals surface area contributed by atoms with E-state index in [1.807, 2.05) is 41.3 Å². The van der Waals surface area contributed by atoms with Crippen LogP contribution in [-0.4, -0.2) is 61.4 Å². The zero-order chi connectivity index (χ0) is 24.4. The number of benzene rings is 2. The van der Waals surface area contributed by atoms with E-state index in [4.69, 9.17) is 0 Å². The molecule has 0 aromatic heterocycles. The van der Waals surface area contributed by atoms with Gasteiger partial charge in [-0.1, -0.05) is 37.3 Å². The van der Waals surface area contributed by atoms with Crippen LogP contribution in [0.5, 0.6) is 0 Å². The molecule has 2 aromatic carbocycles. The van der Waals surface area contributed by atoms with Gasteiger partial charge in [-0.05, 0) is 61.8 Å². The van der Waals surface area contributed by atoms with Crippen molar-refractivity contribution < 1.29 is 14.4 Å². The molecular formula is C28H34N4O3. The Labute approximate surface area is 207 Å². The Morgan fingerprint density at radius 2 is 1.71 bits per heavy atom. The average Bonchev–Trinajstić information content (AvgIpc) is 3.44. The van der Waals surface area contributed by atoms with E-state index in [0.29, 0.717) is 17.8 Å². The first-order valence-electron chi connectivity index (χ1n) is 12.9. The Hall–Kier alpha value is -3.35. The molecule has 2 aromatic rings. The summed E-state index contributed by atoms with van der Waals surface area (Å²) >= 11 is 0. The lowest BCUT2D eigenvalue weighted by atomic mass is 9.95. The highest BCUT2D eigenvalue weighted by Gasteiger charge is 2.40. The van der Waals surface area contributed by atoms with E-state index >= 15 is 0 Å². The van der Waals surface area contributed by atoms with Crippen molar-refractivity contribution in [1.82, 2.24) is 10.2 Å². The van der Waals surface area contributed by atoms with Crippen molar-refractivity contribution >= 4 is 29.1 Å². The van der Waals surface area contributed by atoms with Gasteiger partial charge in [0.1, 0.15) is 12.6 Å². The summed E-state index contributed by atoms with van der Waals surface area (Å²) in [5.74, 6) is -0.0653. The van der Waals surface area contributed by atoms with Crippen LogP contribution in [-0.2, 0) is 9.59 Å². The molecule has 0 unspecified atom stereocenters. The predicted octanol–water partition coefficient (Wildman–Crippen LogP) is 3.55. The summed E-state index contributed by atoms with van der Waals surface area (Å²) in [5, 5.41) is 3.01. The van der Waals surface area contributed by atoms with Crippen LogP contribution < -0.4 is 15.1 Å². The maximum absolute atomic E-state index is 13.6. The predicted molar refractivity (Wildman–Crippen MR) is 137 cm³/mol. The molecule has 2 saturated heterocycles. The second-order valence-electron chi connectivity index (χ2n) is 9.95. The number of nitrogens with zero attached hydrogens (tertiary/aromatic N) is 3. The lowest BCUT2D eigenvalue weighted by Crippen LogP contribution is -2.57. The summed E-state index contributed by atoms with van der Waals surface area (Å²) in [6, 6.07) is 15.5. The molecule has 3 heterocycles. The molecule has 184 valence electrons. The van der Waals surface area contributed by atoms with Crippen molar-refractivity contribution in [3.05, 3.63) is 59.7 Å². The number of fused-ring (bicyclic) bond motifs is 3. The van der Waals surface area contributed by atoms with Gasteiger partial charge in [0.2, 0.25) is 11.8 Å². The van der Waals surface area contributed by atoms with E-state index in [-0.39, 0.29) is 36.2 Å². The number of hydrogen-bond donors (Lipinski definition) is 1. The maximum Gasteiger partial charge on any atom is 0.253 e. The van der Waals surface area contributed by atoms with Crippen LogP contribution in [0.1, 0.15) is 60.9 Å². The van der Waals surface area contributed by atoms with E-state index in [1.54, 1.807) is 4.90 Å². The topological polar surface area (TPSA) is 73.0 Å². The number of nitrogens with one attached hydrogen (secondary N) is 1. The number of carbonyl (C=O) groups is 3. The first-order chi connectivity index (χ1) is 17.0. The first kappa shape index (κ1) is 23.4. The van der Waals surface area contributed by atoms with Gasteiger partial charge in [-0.3, -0.25) is 19.3 Å². The number of amides is 3. The lowest BCUT2D eigenvalue weighted by Gasteiger charge is -2.45. The van der Waals surface area contributed by atoms with E-state index in [2.05, 4.69) is 29.3 Å². The Kier molecular flexibility index (Phi) is 6.75. The van der Waals surface area contributed by atoms with Gasteiger partial charge in [0.15, 0.2) is 0 Å². The highest BCUT2D eigenvalue weighted by atomic mass is 16.2. The highest BCUT2D eigenvalue weighted by Crippen LogP contribution is 2.40. The van der Waals surface area contributed by atoms with Crippen LogP contribution in [0, 0.1) is 0 Å². The quantitative estimate of drug-likeness (QED) is 0.695. The van der Waals surface area contributed by atoms with Crippen molar-refractivity contribution in [3.63, 3.8) is 0 Å². The van der Waals surface area contributed by atoms with Gasteiger partial charge in [0.25, 0.3) is 5.91 Å². The molecule has 2 fully saturated rings. The summed E-state index contributed by atoms with van der Waals surface area (Å²) in [4.78, 5) is 45.3. The Balaban J connectivity index is 1.37. The van der Waals surface area contributed by atoms with Crippen LogP contribution in [0.25, 0.3) is 0 Å². The molecule has 0 spiro atoms. The van der Waals surface area contributed by atoms with E-state index in [0.717, 1.165) is 63.0 Å². The molecular weight excluding hydrogens is 440 g/mol. The molecule has 5 rings (SSSR count). The van der Waals surface area contributed by atoms with Gasteiger partial charge in [0, 0.05) is 31.7 Å². The molecule has 3 aliphatic rings. The van der Waals surface area contributed by atoms with Gasteiger partial charge < -0.3 is 15.1 Å². The molecule has 2 atom stereocenters. The van der Waals surface area contributed by atoms with Crippen LogP contribution in [0.3, 0.4) is 0 Å². The normalized spacial score (nSPS) is 20.3. The summed E-state index contributed by atoms with van der Waals surface area (Å²) in [6.45, 7) is 4.90. The van der Waals surface area contributed by atoms with Gasteiger partial charge in [-0.2, -0.15) is 0 Å². The lowest BCUT2D eigenvalue weighted by molar-refractivity contribution is -0.125. The largest absolute Gasteiger partial charge is 0.358 e. The van der Waals surface area contributed by atoms with Gasteiger partial charge >= 0.3 is 0 Å². The number of piperidine rings is 1. The molecule has 1 N–H and O–H groups in total. The van der Waals surface area contributed by atoms with Crippen LogP contribution in [0.2, 0.25) is 0 Å². The molecule has 0 aliphatic carbocycles. The third-order valence-electron chi connectivity index (χ3n) is 7.55. The second kappa shape index (κ2) is 10.1. The molecule has 3 aliphatic heterocycles. The van der Waals surface area contributed by atoms with Crippen LogP contribution in [0.4, 0.5) is 11.4 Å². The van der Waals surface area contributed by atoms with Crippen molar-refractivity contribution in [1.29, 1.82) is 0 Å². The molecule has 0 radical (unpaired) electrons. The summed E-state index contributed by atoms with van der Waals surface area (Å²) in [7, 11) is 0. The van der Waals surface area contributed by atoms with Crippen molar-refractivity contribution in [2.24, 2.45) is 0 Å². The van der Waals surface area contributed by atoms with Crippen molar-refractivity contribution in [3.8, 4) is 0 Å². The third-order valence-corrected chi connectivity index (χ3v) is 7.55. The maximum atomic E-state index is 13.6. The van der Waals surface area contributed by atoms with Gasteiger partial charge in [-0.25, -0.2) is 0 Å². The van der Waals surface area contributed by atoms with E-state index in [9.17, 15) is 14.4 Å². The van der Waals surface area contributed by atoms with Crippen LogP contribution >= 0.6 is 0 Å². The molecule has 7 heteroatoms. The molecule has 0 bridgehead atoms. The number of likely N-dealkylation sites (tertiary alicyclic amines) is 1. The highest BCUT2D eigenvalue weighted by molar-refractivity contribution is 6.09. The molecule has 3 amide bonds. The zero-order valence-electron chi connectivity index (χ0n) is 20.4. The first-order valence-corrected chi connectivity index (χ1v) is 12.9. The standard InChI is InChI=1S/C28H34N4O3/c1-20(21-9-3-2-4-10-21)18-29-26(33)19-32-25-17-22(27(34)30-14-7-8-15-30)12-13-23(25)31-16-6-5-11-24(31)28(32)35/h2-4,9-10,12-13,17,20,24H,5-8,11,14-16,18-19H2,1H3,(H,29,33)/t20-,24+/m0/s1. The zero-order valence-corrected chi connectivity index (χ0v) is 20.4. The number of anilines is 2. The average molecular weight is 475 g/mol. The second-order valence-corrected chi connectivity index (χ2v) is 9.95. The fourth-order valence-corrected chi connectivity index (χ4v) is 5.52. The summed E-state index contributed by atoms with van der Waals surface area (Å²) in [5.41, 5.74) is 3.36. The minimum atomic E-state index is -0.243. The van der Waals surface area contributed by atoms with Crippen molar-refractivity contribution in [2.45, 2.75) is 51.0 Å². The third kappa shape index (κ3) is 4.77. The van der Waals surface area contributed by atoms with E-state index < -0.39 is 0 Å². The van der Waals surface area contributed by atoms with Gasteiger partial charge in [0.05, 0.1) is 11.4 Å². The molecule has 35 heavy (non-hydrogen) atoms. The Morgan fingerprint density at radius 1 is 0.971 bits per heavy atom. The fraction of sp³-hybridized carbons (Fsp3) is 0.464. The molecule has 7 nitrogen and oxygen atoms in total. The SMILES string of the molecule is C[C@@H](CNC(=O)CN1C(=O)[C@H]2CCCCN2c2ccc(C(=O)N3CCCC3)cc21)c1ccccc1. The molecule has 0 saturated carbocycles. The summed E-state index contributed by atoms with van der Waals surface area (Å²) < 4.78 is 0. The monoisotopic (exact) mass is 474 g/mol. The number of rotatable bonds is 6. The summed E-state index contributed by atoms with van der Waals surface area (Å²) in [6.07, 6.45) is 4.88. The minimum absolute atomic E-state index is 0.000367. The number of carbonyl (C=O) groups excluding carboxylic acids is 3. The van der Waals surface area contributed by atoms with Gasteiger partial charge in [-0.15, -0.1) is 0 Å². The smallest absolute Gasteiger partial charge is 0.253 e. The van der Waals surface area contributed by atoms with Crippen molar-refractivity contribution in [2.75, 3.05) is 42.5 Å². The van der Waals surface area contributed by atoms with E-state index in [1.165, 1.54) is 0 Å².